The number of nitrogens with one attached hydrogen (secondary N) is 1. The minimum Gasteiger partial charge on any atom is -0.493 e. The van der Waals surface area contributed by atoms with Gasteiger partial charge in [0.15, 0.2) is 11.4 Å². The first-order valence-electron chi connectivity index (χ1n) is 9.80. The molecule has 1 aliphatic heterocycles. The van der Waals surface area contributed by atoms with E-state index in [0.29, 0.717) is 24.3 Å². The summed E-state index contributed by atoms with van der Waals surface area (Å²) in [4.78, 5) is 26.7. The Balaban J connectivity index is 1.64. The fourth-order valence-corrected chi connectivity index (χ4v) is 3.52. The van der Waals surface area contributed by atoms with Crippen molar-refractivity contribution in [1.29, 1.82) is 0 Å². The highest BCUT2D eigenvalue weighted by Gasteiger charge is 2.31. The molecular weight excluding hydrogens is 425 g/mol. The molecule has 4 rings (SSSR count). The average molecular weight is 444 g/mol. The standard InChI is InChI=1S/C22H19F3N4O3/c1-32-18-13-29(15-7-4-6-14(12-15)22(23,24)25)27-20(18)21(31)26-16-8-2-3-9-17(16)28-11-5-10-19(28)30/h2-4,6-9,12-13H,5,10-11H2,1H3,(H,26,31). The third kappa shape index (κ3) is 4.16. The number of carbonyl (C=O) groups excluding carboxylic acids is 2. The van der Waals surface area contributed by atoms with Crippen LogP contribution in [0, 0.1) is 0 Å². The number of nitrogens with zero attached hydrogens (tertiary/aromatic N) is 3. The molecule has 7 nitrogen and oxygen atoms in total. The lowest BCUT2D eigenvalue weighted by Gasteiger charge is -2.19. The molecule has 0 unspecified atom stereocenters. The van der Waals surface area contributed by atoms with E-state index in [1.807, 2.05) is 0 Å². The smallest absolute Gasteiger partial charge is 0.416 e. The number of hydrogen-bond donors (Lipinski definition) is 1. The molecule has 0 spiro atoms. The summed E-state index contributed by atoms with van der Waals surface area (Å²) in [5, 5.41) is 6.88. The lowest BCUT2D eigenvalue weighted by Crippen LogP contribution is -2.25. The molecule has 0 bridgehead atoms. The number of aromatic nitrogens is 2. The van der Waals surface area contributed by atoms with Gasteiger partial charge in [0.25, 0.3) is 5.91 Å². The molecule has 1 saturated heterocycles. The molecule has 0 saturated carbocycles. The zero-order valence-corrected chi connectivity index (χ0v) is 17.0. The normalized spacial score (nSPS) is 14.0. The summed E-state index contributed by atoms with van der Waals surface area (Å²) in [5.74, 6) is -0.556. The monoisotopic (exact) mass is 444 g/mol. The maximum Gasteiger partial charge on any atom is 0.416 e. The molecule has 10 heteroatoms. The summed E-state index contributed by atoms with van der Waals surface area (Å²) in [6.45, 7) is 0.555. The van der Waals surface area contributed by atoms with Crippen molar-refractivity contribution in [2.24, 2.45) is 0 Å². The number of amides is 2. The number of hydrogen-bond acceptors (Lipinski definition) is 4. The summed E-state index contributed by atoms with van der Waals surface area (Å²) < 4.78 is 45.5. The summed E-state index contributed by atoms with van der Waals surface area (Å²) in [5.41, 5.74) is 0.176. The summed E-state index contributed by atoms with van der Waals surface area (Å²) in [6, 6.07) is 11.5. The Morgan fingerprint density at radius 1 is 1.16 bits per heavy atom. The second-order valence-corrected chi connectivity index (χ2v) is 7.16. The molecule has 0 radical (unpaired) electrons. The van der Waals surface area contributed by atoms with Crippen molar-refractivity contribution in [2.75, 3.05) is 23.9 Å². The molecule has 0 atom stereocenters. The van der Waals surface area contributed by atoms with E-state index in [4.69, 9.17) is 4.74 Å². The van der Waals surface area contributed by atoms with Gasteiger partial charge in [-0.15, -0.1) is 0 Å². The highest BCUT2D eigenvalue weighted by Crippen LogP contribution is 2.32. The highest BCUT2D eigenvalue weighted by molar-refractivity contribution is 6.08. The van der Waals surface area contributed by atoms with E-state index < -0.39 is 17.6 Å². The first kappa shape index (κ1) is 21.4. The maximum atomic E-state index is 13.1. The van der Waals surface area contributed by atoms with Crippen LogP contribution in [-0.2, 0) is 11.0 Å². The lowest BCUT2D eigenvalue weighted by molar-refractivity contribution is -0.137. The molecule has 1 N–H and O–H groups in total. The Morgan fingerprint density at radius 3 is 2.62 bits per heavy atom. The van der Waals surface area contributed by atoms with Gasteiger partial charge in [-0.25, -0.2) is 4.68 Å². The van der Waals surface area contributed by atoms with Crippen molar-refractivity contribution in [3.63, 3.8) is 0 Å². The zero-order chi connectivity index (χ0) is 22.9. The predicted molar refractivity (Wildman–Crippen MR) is 111 cm³/mol. The van der Waals surface area contributed by atoms with Gasteiger partial charge in [0, 0.05) is 13.0 Å². The number of methoxy groups -OCH3 is 1. The average Bonchev–Trinajstić information content (AvgIpc) is 3.40. The van der Waals surface area contributed by atoms with Crippen molar-refractivity contribution in [2.45, 2.75) is 19.0 Å². The molecule has 166 valence electrons. The van der Waals surface area contributed by atoms with Crippen LogP contribution in [0.25, 0.3) is 5.69 Å². The molecule has 2 aromatic carbocycles. The van der Waals surface area contributed by atoms with E-state index >= 15 is 0 Å². The van der Waals surface area contributed by atoms with Crippen molar-refractivity contribution in [3.8, 4) is 11.4 Å². The van der Waals surface area contributed by atoms with Crippen LogP contribution < -0.4 is 15.0 Å². The molecule has 1 fully saturated rings. The minimum atomic E-state index is -4.51. The number of rotatable bonds is 5. The number of alkyl halides is 3. The number of para-hydroxylation sites is 2. The van der Waals surface area contributed by atoms with E-state index in [-0.39, 0.29) is 23.0 Å². The largest absolute Gasteiger partial charge is 0.493 e. The topological polar surface area (TPSA) is 76.5 Å². The van der Waals surface area contributed by atoms with Crippen molar-refractivity contribution in [1.82, 2.24) is 9.78 Å². The third-order valence-electron chi connectivity index (χ3n) is 5.07. The Hall–Kier alpha value is -3.82. The van der Waals surface area contributed by atoms with Crippen LogP contribution in [-0.4, -0.2) is 35.2 Å². The van der Waals surface area contributed by atoms with Gasteiger partial charge >= 0.3 is 6.18 Å². The quantitative estimate of drug-likeness (QED) is 0.638. The van der Waals surface area contributed by atoms with E-state index in [2.05, 4.69) is 10.4 Å². The van der Waals surface area contributed by atoms with Crippen LogP contribution in [0.1, 0.15) is 28.9 Å². The van der Waals surface area contributed by atoms with Crippen LogP contribution >= 0.6 is 0 Å². The van der Waals surface area contributed by atoms with Crippen LogP contribution in [0.15, 0.2) is 54.7 Å². The van der Waals surface area contributed by atoms with Gasteiger partial charge in [-0.05, 0) is 36.8 Å². The van der Waals surface area contributed by atoms with Crippen molar-refractivity contribution < 1.29 is 27.5 Å². The first-order valence-corrected chi connectivity index (χ1v) is 9.80. The molecule has 0 aliphatic carbocycles. The van der Waals surface area contributed by atoms with Gasteiger partial charge in [0.05, 0.1) is 35.9 Å². The van der Waals surface area contributed by atoms with Gasteiger partial charge in [-0.1, -0.05) is 18.2 Å². The van der Waals surface area contributed by atoms with Crippen LogP contribution in [0.3, 0.4) is 0 Å². The van der Waals surface area contributed by atoms with E-state index in [1.54, 1.807) is 29.2 Å². The fraction of sp³-hybridized carbons (Fsp3) is 0.227. The van der Waals surface area contributed by atoms with Gasteiger partial charge in [-0.2, -0.15) is 18.3 Å². The number of halogens is 3. The van der Waals surface area contributed by atoms with E-state index in [1.165, 1.54) is 25.4 Å². The summed E-state index contributed by atoms with van der Waals surface area (Å²) >= 11 is 0. The van der Waals surface area contributed by atoms with Crippen molar-refractivity contribution in [3.05, 3.63) is 66.0 Å². The Kier molecular flexibility index (Phi) is 5.60. The highest BCUT2D eigenvalue weighted by atomic mass is 19.4. The third-order valence-corrected chi connectivity index (χ3v) is 5.07. The van der Waals surface area contributed by atoms with Gasteiger partial charge < -0.3 is 15.0 Å². The zero-order valence-electron chi connectivity index (χ0n) is 17.0. The van der Waals surface area contributed by atoms with E-state index in [0.717, 1.165) is 23.2 Å². The number of ether oxygens (including phenoxy) is 1. The van der Waals surface area contributed by atoms with Crippen LogP contribution in [0.5, 0.6) is 5.75 Å². The van der Waals surface area contributed by atoms with Gasteiger partial charge in [-0.3, -0.25) is 9.59 Å². The maximum absolute atomic E-state index is 13.1. The molecule has 3 aromatic rings. The second-order valence-electron chi connectivity index (χ2n) is 7.16. The molecule has 1 aromatic heterocycles. The molecule has 2 heterocycles. The summed E-state index contributed by atoms with van der Waals surface area (Å²) in [7, 11) is 1.33. The van der Waals surface area contributed by atoms with Crippen LogP contribution in [0.4, 0.5) is 24.5 Å². The molecule has 2 amide bonds. The predicted octanol–water partition coefficient (Wildman–Crippen LogP) is 4.28. The molecular formula is C22H19F3N4O3. The van der Waals surface area contributed by atoms with E-state index in [9.17, 15) is 22.8 Å². The van der Waals surface area contributed by atoms with Crippen LogP contribution in [0.2, 0.25) is 0 Å². The second kappa shape index (κ2) is 8.37. The molecule has 32 heavy (non-hydrogen) atoms. The minimum absolute atomic E-state index is 0.0295. The summed E-state index contributed by atoms with van der Waals surface area (Å²) in [6.07, 6.45) is -2.00. The Labute approximate surface area is 181 Å². The SMILES string of the molecule is COc1cn(-c2cccc(C(F)(F)F)c2)nc1C(=O)Nc1ccccc1N1CCCC1=O. The molecule has 1 aliphatic rings. The number of carbonyl (C=O) groups is 2. The van der Waals surface area contributed by atoms with Gasteiger partial charge in [0.1, 0.15) is 0 Å². The number of anilines is 2. The Bertz CT molecular complexity index is 1170. The fourth-order valence-electron chi connectivity index (χ4n) is 3.52. The van der Waals surface area contributed by atoms with Crippen molar-refractivity contribution >= 4 is 23.2 Å². The lowest BCUT2D eigenvalue weighted by atomic mass is 10.2. The Morgan fingerprint density at radius 2 is 1.94 bits per heavy atom. The number of benzene rings is 2. The first-order chi connectivity index (χ1) is 15.3. The van der Waals surface area contributed by atoms with Gasteiger partial charge in [0.2, 0.25) is 5.91 Å².